The fourth-order valence-corrected chi connectivity index (χ4v) is 2.02. The second-order valence-corrected chi connectivity index (χ2v) is 4.06. The van der Waals surface area contributed by atoms with E-state index in [1.807, 2.05) is 6.07 Å². The molecule has 0 radical (unpaired) electrons. The second kappa shape index (κ2) is 5.37. The average Bonchev–Trinajstić information content (AvgIpc) is 2.19. The normalized spacial score (nSPS) is 10.3. The lowest BCUT2D eigenvalue weighted by atomic mass is 10.0. The minimum Gasteiger partial charge on any atom is -0.495 e. The van der Waals surface area contributed by atoms with Gasteiger partial charge in [0.25, 0.3) is 0 Å². The van der Waals surface area contributed by atoms with Crippen molar-refractivity contribution in [3.63, 3.8) is 0 Å². The highest BCUT2D eigenvalue weighted by atomic mass is 79.9. The van der Waals surface area contributed by atoms with Crippen LogP contribution in [0.25, 0.3) is 0 Å². The van der Waals surface area contributed by atoms with E-state index in [1.165, 1.54) is 11.1 Å². The Bertz CT molecular complexity index is 310. The quantitative estimate of drug-likeness (QED) is 0.900. The molecule has 0 saturated carbocycles. The summed E-state index contributed by atoms with van der Waals surface area (Å²) < 4.78 is 6.30. The van der Waals surface area contributed by atoms with E-state index in [4.69, 9.17) is 9.84 Å². The molecule has 0 bridgehead atoms. The molecule has 0 amide bonds. The Hall–Kier alpha value is -0.540. The van der Waals surface area contributed by atoms with Crippen LogP contribution in [0.15, 0.2) is 16.6 Å². The smallest absolute Gasteiger partial charge is 0.136 e. The summed E-state index contributed by atoms with van der Waals surface area (Å²) in [6.45, 7) is 2.27. The molecule has 3 heteroatoms. The second-order valence-electron chi connectivity index (χ2n) is 3.20. The molecule has 0 atom stereocenters. The van der Waals surface area contributed by atoms with Gasteiger partial charge in [0.1, 0.15) is 5.75 Å². The van der Waals surface area contributed by atoms with Gasteiger partial charge in [-0.15, -0.1) is 0 Å². The number of aliphatic hydroxyl groups excluding tert-OH is 1. The lowest BCUT2D eigenvalue weighted by Crippen LogP contribution is -1.98. The van der Waals surface area contributed by atoms with Crippen LogP contribution in [0.1, 0.15) is 17.5 Å². The Balaban J connectivity index is 3.03. The average molecular weight is 259 g/mol. The largest absolute Gasteiger partial charge is 0.495 e. The van der Waals surface area contributed by atoms with Crippen molar-refractivity contribution in [3.05, 3.63) is 27.7 Å². The number of aryl methyl sites for hydroxylation is 1. The first-order chi connectivity index (χ1) is 6.70. The van der Waals surface area contributed by atoms with Crippen LogP contribution < -0.4 is 4.74 Å². The zero-order valence-electron chi connectivity index (χ0n) is 8.51. The highest BCUT2D eigenvalue weighted by Gasteiger charge is 2.09. The number of halogens is 1. The van der Waals surface area contributed by atoms with E-state index >= 15 is 0 Å². The number of methoxy groups -OCH3 is 1. The van der Waals surface area contributed by atoms with E-state index in [9.17, 15) is 0 Å². The van der Waals surface area contributed by atoms with Gasteiger partial charge in [-0.2, -0.15) is 0 Å². The highest BCUT2D eigenvalue weighted by Crippen LogP contribution is 2.31. The van der Waals surface area contributed by atoms with Crippen molar-refractivity contribution >= 4 is 15.9 Å². The molecule has 0 aliphatic carbocycles. The van der Waals surface area contributed by atoms with Crippen LogP contribution in [0.4, 0.5) is 0 Å². The van der Waals surface area contributed by atoms with Gasteiger partial charge < -0.3 is 9.84 Å². The SMILES string of the molecule is COc1c(Br)ccc(C)c1CCCO. The minimum absolute atomic E-state index is 0.217. The lowest BCUT2D eigenvalue weighted by molar-refractivity contribution is 0.287. The number of aliphatic hydroxyl groups is 1. The van der Waals surface area contributed by atoms with Crippen molar-refractivity contribution in [2.24, 2.45) is 0 Å². The van der Waals surface area contributed by atoms with E-state index < -0.39 is 0 Å². The van der Waals surface area contributed by atoms with Crippen LogP contribution >= 0.6 is 15.9 Å². The van der Waals surface area contributed by atoms with Crippen LogP contribution in [0.5, 0.6) is 5.75 Å². The van der Waals surface area contributed by atoms with Crippen LogP contribution in [-0.2, 0) is 6.42 Å². The van der Waals surface area contributed by atoms with Crippen LogP contribution in [0, 0.1) is 6.92 Å². The van der Waals surface area contributed by atoms with Gasteiger partial charge in [-0.1, -0.05) is 6.07 Å². The third-order valence-electron chi connectivity index (χ3n) is 2.24. The molecule has 1 aromatic rings. The Morgan fingerprint density at radius 3 is 2.71 bits per heavy atom. The number of hydrogen-bond acceptors (Lipinski definition) is 2. The topological polar surface area (TPSA) is 29.5 Å². The fraction of sp³-hybridized carbons (Fsp3) is 0.455. The first-order valence-corrected chi connectivity index (χ1v) is 5.42. The Morgan fingerprint density at radius 2 is 2.14 bits per heavy atom. The third kappa shape index (κ3) is 2.49. The van der Waals surface area contributed by atoms with E-state index in [0.717, 1.165) is 23.1 Å². The number of rotatable bonds is 4. The van der Waals surface area contributed by atoms with E-state index in [0.29, 0.717) is 0 Å². The molecule has 0 fully saturated rings. The van der Waals surface area contributed by atoms with E-state index in [-0.39, 0.29) is 6.61 Å². The van der Waals surface area contributed by atoms with E-state index in [1.54, 1.807) is 7.11 Å². The summed E-state index contributed by atoms with van der Waals surface area (Å²) in [6.07, 6.45) is 1.62. The Morgan fingerprint density at radius 1 is 1.43 bits per heavy atom. The molecule has 2 nitrogen and oxygen atoms in total. The van der Waals surface area contributed by atoms with Crippen LogP contribution in [-0.4, -0.2) is 18.8 Å². The van der Waals surface area contributed by atoms with Crippen molar-refractivity contribution in [1.82, 2.24) is 0 Å². The molecular weight excluding hydrogens is 244 g/mol. The zero-order valence-corrected chi connectivity index (χ0v) is 10.1. The van der Waals surface area contributed by atoms with Gasteiger partial charge in [0, 0.05) is 6.61 Å². The Labute approximate surface area is 93.0 Å². The highest BCUT2D eigenvalue weighted by molar-refractivity contribution is 9.10. The zero-order chi connectivity index (χ0) is 10.6. The van der Waals surface area contributed by atoms with Gasteiger partial charge in [-0.25, -0.2) is 0 Å². The van der Waals surface area contributed by atoms with E-state index in [2.05, 4.69) is 28.9 Å². The predicted octanol–water partition coefficient (Wildman–Crippen LogP) is 2.69. The molecule has 0 aliphatic rings. The summed E-state index contributed by atoms with van der Waals surface area (Å²) >= 11 is 3.45. The predicted molar refractivity (Wildman–Crippen MR) is 60.8 cm³/mol. The third-order valence-corrected chi connectivity index (χ3v) is 2.86. The fourth-order valence-electron chi connectivity index (χ4n) is 1.48. The number of benzene rings is 1. The number of ether oxygens (including phenoxy) is 1. The molecule has 14 heavy (non-hydrogen) atoms. The van der Waals surface area contributed by atoms with Crippen molar-refractivity contribution in [3.8, 4) is 5.75 Å². The van der Waals surface area contributed by atoms with Gasteiger partial charge in [0.05, 0.1) is 11.6 Å². The molecule has 0 aromatic heterocycles. The van der Waals surface area contributed by atoms with Gasteiger partial charge in [0.2, 0.25) is 0 Å². The maximum Gasteiger partial charge on any atom is 0.136 e. The maximum atomic E-state index is 8.80. The van der Waals surface area contributed by atoms with Gasteiger partial charge >= 0.3 is 0 Å². The van der Waals surface area contributed by atoms with Gasteiger partial charge in [-0.3, -0.25) is 0 Å². The molecule has 0 saturated heterocycles. The summed E-state index contributed by atoms with van der Waals surface area (Å²) in [7, 11) is 1.67. The molecular formula is C11H15BrO2. The van der Waals surface area contributed by atoms with Gasteiger partial charge in [-0.05, 0) is 52.9 Å². The maximum absolute atomic E-state index is 8.80. The molecule has 0 aliphatic heterocycles. The van der Waals surface area contributed by atoms with Crippen molar-refractivity contribution in [2.75, 3.05) is 13.7 Å². The van der Waals surface area contributed by atoms with Crippen LogP contribution in [0.3, 0.4) is 0 Å². The first kappa shape index (κ1) is 11.5. The molecule has 0 unspecified atom stereocenters. The monoisotopic (exact) mass is 258 g/mol. The van der Waals surface area contributed by atoms with Gasteiger partial charge in [0.15, 0.2) is 0 Å². The minimum atomic E-state index is 0.217. The standard InChI is InChI=1S/C11H15BrO2/c1-8-5-6-10(12)11(14-2)9(8)4-3-7-13/h5-6,13H,3-4,7H2,1-2H3. The summed E-state index contributed by atoms with van der Waals surface area (Å²) in [5, 5.41) is 8.80. The van der Waals surface area contributed by atoms with Crippen molar-refractivity contribution < 1.29 is 9.84 Å². The molecule has 1 N–H and O–H groups in total. The summed E-state index contributed by atoms with van der Waals surface area (Å²) in [5.74, 6) is 0.887. The molecule has 0 spiro atoms. The molecule has 1 rings (SSSR count). The molecule has 1 aromatic carbocycles. The number of hydrogen-bond donors (Lipinski definition) is 1. The lowest BCUT2D eigenvalue weighted by Gasteiger charge is -2.12. The summed E-state index contributed by atoms with van der Waals surface area (Å²) in [5.41, 5.74) is 2.38. The van der Waals surface area contributed by atoms with Crippen molar-refractivity contribution in [1.29, 1.82) is 0 Å². The summed E-state index contributed by atoms with van der Waals surface area (Å²) in [4.78, 5) is 0. The van der Waals surface area contributed by atoms with Crippen LogP contribution in [0.2, 0.25) is 0 Å². The molecule has 78 valence electrons. The summed E-state index contributed by atoms with van der Waals surface area (Å²) in [6, 6.07) is 4.04. The first-order valence-electron chi connectivity index (χ1n) is 4.63. The van der Waals surface area contributed by atoms with Crippen molar-refractivity contribution in [2.45, 2.75) is 19.8 Å². The molecule has 0 heterocycles. The Kier molecular flexibility index (Phi) is 4.42.